The lowest BCUT2D eigenvalue weighted by atomic mass is 10.2. The number of anilines is 2. The molecule has 0 spiro atoms. The molecule has 8 nitrogen and oxygen atoms in total. The lowest BCUT2D eigenvalue weighted by molar-refractivity contribution is 0.102. The number of carbonyl (C=O) groups is 1. The molecule has 0 radical (unpaired) electrons. The maximum atomic E-state index is 12.5. The number of hydrogen-bond donors (Lipinski definition) is 1. The summed E-state index contributed by atoms with van der Waals surface area (Å²) in [5.41, 5.74) is 1.54. The molecule has 0 bridgehead atoms. The van der Waals surface area contributed by atoms with E-state index >= 15 is 0 Å². The summed E-state index contributed by atoms with van der Waals surface area (Å²) in [6.45, 7) is 1.77. The van der Waals surface area contributed by atoms with Gasteiger partial charge < -0.3 is 19.7 Å². The van der Waals surface area contributed by atoms with Crippen LogP contribution < -0.4 is 19.7 Å². The second-order valence-electron chi connectivity index (χ2n) is 6.16. The molecule has 2 aromatic heterocycles. The fourth-order valence-corrected chi connectivity index (χ4v) is 2.42. The van der Waals surface area contributed by atoms with E-state index < -0.39 is 0 Å². The van der Waals surface area contributed by atoms with E-state index in [0.717, 1.165) is 0 Å². The van der Waals surface area contributed by atoms with E-state index in [0.29, 0.717) is 40.3 Å². The summed E-state index contributed by atoms with van der Waals surface area (Å²) in [7, 11) is 5.26. The highest BCUT2D eigenvalue weighted by atomic mass is 16.5. The van der Waals surface area contributed by atoms with E-state index in [1.807, 2.05) is 26.2 Å². The fourth-order valence-electron chi connectivity index (χ4n) is 2.42. The molecule has 0 saturated carbocycles. The number of hydrogen-bond acceptors (Lipinski definition) is 7. The Kier molecular flexibility index (Phi) is 5.69. The maximum absolute atomic E-state index is 12.5. The minimum Gasteiger partial charge on any atom is -0.493 e. The minimum absolute atomic E-state index is 0.303. The third-order valence-electron chi connectivity index (χ3n) is 3.89. The average molecular weight is 379 g/mol. The van der Waals surface area contributed by atoms with Crippen molar-refractivity contribution in [1.29, 1.82) is 0 Å². The van der Waals surface area contributed by atoms with Crippen molar-refractivity contribution in [3.05, 3.63) is 60.0 Å². The Morgan fingerprint density at radius 3 is 2.39 bits per heavy atom. The van der Waals surface area contributed by atoms with Crippen molar-refractivity contribution in [2.45, 2.75) is 6.92 Å². The van der Waals surface area contributed by atoms with E-state index in [2.05, 4.69) is 20.3 Å². The highest BCUT2D eigenvalue weighted by Gasteiger charge is 2.13. The molecule has 3 aromatic rings. The second-order valence-corrected chi connectivity index (χ2v) is 6.16. The number of pyridine rings is 1. The average Bonchev–Trinajstić information content (AvgIpc) is 2.69. The zero-order valence-electron chi connectivity index (χ0n) is 16.1. The second kappa shape index (κ2) is 8.34. The molecule has 144 valence electrons. The van der Waals surface area contributed by atoms with Gasteiger partial charge in [0.15, 0.2) is 11.5 Å². The van der Waals surface area contributed by atoms with Crippen LogP contribution in [-0.2, 0) is 0 Å². The SMILES string of the molecule is COc1ccccc1Oc1ccc(NC(=O)c2cnc(N(C)C)nc2C)cn1. The van der Waals surface area contributed by atoms with Gasteiger partial charge in [-0.1, -0.05) is 12.1 Å². The number of amides is 1. The Balaban J connectivity index is 1.69. The van der Waals surface area contributed by atoms with Crippen LogP contribution in [0, 0.1) is 6.92 Å². The number of ether oxygens (including phenoxy) is 2. The van der Waals surface area contributed by atoms with Gasteiger partial charge in [-0.15, -0.1) is 0 Å². The Morgan fingerprint density at radius 2 is 1.79 bits per heavy atom. The van der Waals surface area contributed by atoms with Crippen LogP contribution in [0.3, 0.4) is 0 Å². The molecule has 0 aliphatic rings. The van der Waals surface area contributed by atoms with E-state index in [1.165, 1.54) is 12.4 Å². The first-order chi connectivity index (χ1) is 13.5. The molecule has 1 aromatic carbocycles. The minimum atomic E-state index is -0.303. The maximum Gasteiger partial charge on any atom is 0.259 e. The van der Waals surface area contributed by atoms with E-state index in [9.17, 15) is 4.79 Å². The lowest BCUT2D eigenvalue weighted by Crippen LogP contribution is -2.18. The molecule has 28 heavy (non-hydrogen) atoms. The van der Waals surface area contributed by atoms with Crippen molar-refractivity contribution in [1.82, 2.24) is 15.0 Å². The van der Waals surface area contributed by atoms with Crippen LogP contribution in [0.15, 0.2) is 48.8 Å². The third kappa shape index (κ3) is 4.35. The molecular formula is C20H21N5O3. The summed E-state index contributed by atoms with van der Waals surface area (Å²) in [6, 6.07) is 10.7. The van der Waals surface area contributed by atoms with Crippen molar-refractivity contribution in [3.63, 3.8) is 0 Å². The molecule has 0 aliphatic carbocycles. The van der Waals surface area contributed by atoms with Crippen molar-refractivity contribution in [2.24, 2.45) is 0 Å². The number of methoxy groups -OCH3 is 1. The van der Waals surface area contributed by atoms with Gasteiger partial charge in [0, 0.05) is 26.4 Å². The van der Waals surface area contributed by atoms with Crippen LogP contribution in [-0.4, -0.2) is 42.1 Å². The first kappa shape index (κ1) is 19.1. The summed E-state index contributed by atoms with van der Waals surface area (Å²) in [5.74, 6) is 1.80. The first-order valence-electron chi connectivity index (χ1n) is 8.57. The topological polar surface area (TPSA) is 89.5 Å². The van der Waals surface area contributed by atoms with E-state index in [1.54, 1.807) is 43.2 Å². The molecule has 1 amide bonds. The zero-order valence-corrected chi connectivity index (χ0v) is 16.1. The van der Waals surface area contributed by atoms with Gasteiger partial charge in [0.05, 0.1) is 30.3 Å². The monoisotopic (exact) mass is 379 g/mol. The van der Waals surface area contributed by atoms with Crippen molar-refractivity contribution < 1.29 is 14.3 Å². The number of nitrogens with one attached hydrogen (secondary N) is 1. The summed E-state index contributed by atoms with van der Waals surface area (Å²) in [6.07, 6.45) is 3.03. The van der Waals surface area contributed by atoms with Crippen molar-refractivity contribution >= 4 is 17.5 Å². The van der Waals surface area contributed by atoms with Gasteiger partial charge in [0.1, 0.15) is 0 Å². The summed E-state index contributed by atoms with van der Waals surface area (Å²) < 4.78 is 11.0. The summed E-state index contributed by atoms with van der Waals surface area (Å²) in [5, 5.41) is 2.79. The molecule has 0 fully saturated rings. The molecule has 2 heterocycles. The molecule has 3 rings (SSSR count). The Hall–Kier alpha value is -3.68. The number of para-hydroxylation sites is 2. The quantitative estimate of drug-likeness (QED) is 0.703. The summed E-state index contributed by atoms with van der Waals surface area (Å²) >= 11 is 0. The van der Waals surface area contributed by atoms with Crippen LogP contribution >= 0.6 is 0 Å². The normalized spacial score (nSPS) is 10.3. The highest BCUT2D eigenvalue weighted by molar-refractivity contribution is 6.04. The first-order valence-corrected chi connectivity index (χ1v) is 8.57. The largest absolute Gasteiger partial charge is 0.493 e. The van der Waals surface area contributed by atoms with Crippen molar-refractivity contribution in [3.8, 4) is 17.4 Å². The molecular weight excluding hydrogens is 358 g/mol. The smallest absolute Gasteiger partial charge is 0.259 e. The molecule has 0 atom stereocenters. The Labute approximate surface area is 163 Å². The molecule has 8 heteroatoms. The van der Waals surface area contributed by atoms with Crippen LogP contribution in [0.25, 0.3) is 0 Å². The highest BCUT2D eigenvalue weighted by Crippen LogP contribution is 2.30. The predicted octanol–water partition coefficient (Wildman–Crippen LogP) is 3.30. The van der Waals surface area contributed by atoms with Crippen LogP contribution in [0.4, 0.5) is 11.6 Å². The molecule has 0 unspecified atom stereocenters. The fraction of sp³-hybridized carbons (Fsp3) is 0.200. The van der Waals surface area contributed by atoms with Crippen LogP contribution in [0.2, 0.25) is 0 Å². The van der Waals surface area contributed by atoms with Gasteiger partial charge in [-0.3, -0.25) is 4.79 Å². The van der Waals surface area contributed by atoms with Crippen LogP contribution in [0.5, 0.6) is 17.4 Å². The standard InChI is InChI=1S/C20H21N5O3/c1-13-15(12-22-20(23-13)25(2)3)19(26)24-14-9-10-18(21-11-14)28-17-8-6-5-7-16(17)27-4/h5-12H,1-4H3,(H,24,26). The van der Waals surface area contributed by atoms with Crippen molar-refractivity contribution in [2.75, 3.05) is 31.4 Å². The third-order valence-corrected chi connectivity index (χ3v) is 3.89. The number of aryl methyl sites for hydroxylation is 1. The van der Waals surface area contributed by atoms with Gasteiger partial charge in [-0.25, -0.2) is 15.0 Å². The van der Waals surface area contributed by atoms with Gasteiger partial charge in [-0.05, 0) is 25.1 Å². The van der Waals surface area contributed by atoms with E-state index in [-0.39, 0.29) is 5.91 Å². The molecule has 0 saturated heterocycles. The van der Waals surface area contributed by atoms with Gasteiger partial charge >= 0.3 is 0 Å². The number of aromatic nitrogens is 3. The number of nitrogens with zero attached hydrogens (tertiary/aromatic N) is 4. The zero-order chi connectivity index (χ0) is 20.1. The van der Waals surface area contributed by atoms with Gasteiger partial charge in [0.25, 0.3) is 5.91 Å². The van der Waals surface area contributed by atoms with Gasteiger partial charge in [-0.2, -0.15) is 0 Å². The number of rotatable bonds is 6. The molecule has 0 aliphatic heterocycles. The van der Waals surface area contributed by atoms with E-state index in [4.69, 9.17) is 9.47 Å². The Morgan fingerprint density at radius 1 is 1.04 bits per heavy atom. The lowest BCUT2D eigenvalue weighted by Gasteiger charge is -2.12. The predicted molar refractivity (Wildman–Crippen MR) is 106 cm³/mol. The van der Waals surface area contributed by atoms with Crippen LogP contribution in [0.1, 0.15) is 16.1 Å². The Bertz CT molecular complexity index is 974. The summed E-state index contributed by atoms with van der Waals surface area (Å²) in [4.78, 5) is 27.0. The van der Waals surface area contributed by atoms with Gasteiger partial charge in [0.2, 0.25) is 11.8 Å². The number of benzene rings is 1. The molecule has 1 N–H and O–H groups in total. The number of carbonyl (C=O) groups excluding carboxylic acids is 1.